The van der Waals surface area contributed by atoms with Crippen molar-refractivity contribution in [2.75, 3.05) is 13.7 Å². The number of benzene rings is 2. The number of aliphatic hydroxyl groups excluding tert-OH is 2. The highest BCUT2D eigenvalue weighted by molar-refractivity contribution is 5.14. The fourth-order valence-corrected chi connectivity index (χ4v) is 5.50. The summed E-state index contributed by atoms with van der Waals surface area (Å²) >= 11 is 0. The van der Waals surface area contributed by atoms with E-state index in [0.29, 0.717) is 0 Å². The van der Waals surface area contributed by atoms with E-state index in [1.807, 2.05) is 81.4 Å². The standard InChI is InChI=1S/C30H40O10/c1-18-23(25-27(28(33-4)36-18)40-30(2,3)39-25)38-29-26(35-17-20-13-9-6-10-14-20)24(22(32)21(15-31)37-29)34-16-19-11-7-5-8-12-19/h5-14,18,21-29,31-32H,15-17H2,1-4H3/t18-,21-,22-,23-,24+,25+,26+,27+,28-,29+/m1/s1. The minimum Gasteiger partial charge on any atom is -0.394 e. The van der Waals surface area contributed by atoms with Crippen LogP contribution in [0.4, 0.5) is 0 Å². The second kappa shape index (κ2) is 12.9. The second-order valence-electron chi connectivity index (χ2n) is 10.8. The number of ether oxygens (including phenoxy) is 8. The minimum atomic E-state index is -1.16. The summed E-state index contributed by atoms with van der Waals surface area (Å²) in [6, 6.07) is 19.3. The van der Waals surface area contributed by atoms with Crippen LogP contribution >= 0.6 is 0 Å². The van der Waals surface area contributed by atoms with Crippen molar-refractivity contribution >= 4 is 0 Å². The Balaban J connectivity index is 1.41. The van der Waals surface area contributed by atoms with Gasteiger partial charge in [-0.3, -0.25) is 0 Å². The molecule has 0 spiro atoms. The van der Waals surface area contributed by atoms with Gasteiger partial charge in [-0.2, -0.15) is 0 Å². The lowest BCUT2D eigenvalue weighted by atomic mass is 9.97. The molecule has 2 aromatic rings. The van der Waals surface area contributed by atoms with Gasteiger partial charge in [-0.25, -0.2) is 0 Å². The van der Waals surface area contributed by atoms with Crippen LogP contribution in [0.15, 0.2) is 60.7 Å². The van der Waals surface area contributed by atoms with Crippen LogP contribution < -0.4 is 0 Å². The first kappa shape index (κ1) is 29.5. The maximum Gasteiger partial charge on any atom is 0.187 e. The van der Waals surface area contributed by atoms with Crippen molar-refractivity contribution in [3.05, 3.63) is 71.8 Å². The lowest BCUT2D eigenvalue weighted by molar-refractivity contribution is -0.354. The van der Waals surface area contributed by atoms with Gasteiger partial charge >= 0.3 is 0 Å². The van der Waals surface area contributed by atoms with Gasteiger partial charge in [0.2, 0.25) is 0 Å². The summed E-state index contributed by atoms with van der Waals surface area (Å²) in [5.74, 6) is -0.872. The first-order valence-corrected chi connectivity index (χ1v) is 13.7. The van der Waals surface area contributed by atoms with Gasteiger partial charge in [0.25, 0.3) is 0 Å². The van der Waals surface area contributed by atoms with Gasteiger partial charge in [0.1, 0.15) is 42.7 Å². The molecule has 3 aliphatic rings. The number of methoxy groups -OCH3 is 1. The molecule has 0 bridgehead atoms. The topological polar surface area (TPSA) is 114 Å². The zero-order valence-electron chi connectivity index (χ0n) is 23.3. The summed E-state index contributed by atoms with van der Waals surface area (Å²) in [7, 11) is 1.56. The van der Waals surface area contributed by atoms with Crippen LogP contribution in [0.2, 0.25) is 0 Å². The van der Waals surface area contributed by atoms with Gasteiger partial charge in [-0.15, -0.1) is 0 Å². The molecule has 0 radical (unpaired) electrons. The molecule has 10 atom stereocenters. The maximum atomic E-state index is 11.2. The van der Waals surface area contributed by atoms with Crippen LogP contribution in [-0.4, -0.2) is 91.1 Å². The van der Waals surface area contributed by atoms with E-state index in [1.165, 1.54) is 0 Å². The molecule has 0 unspecified atom stereocenters. The molecule has 10 nitrogen and oxygen atoms in total. The smallest absolute Gasteiger partial charge is 0.187 e. The normalized spacial score (nSPS) is 37.2. The van der Waals surface area contributed by atoms with Gasteiger partial charge in [0.05, 0.1) is 25.9 Å². The molecule has 3 aliphatic heterocycles. The van der Waals surface area contributed by atoms with Crippen LogP contribution in [0.3, 0.4) is 0 Å². The number of hydrogen-bond acceptors (Lipinski definition) is 10. The molecule has 3 fully saturated rings. The monoisotopic (exact) mass is 560 g/mol. The van der Waals surface area contributed by atoms with Crippen molar-refractivity contribution in [3.63, 3.8) is 0 Å². The Morgan fingerprint density at radius 1 is 0.775 bits per heavy atom. The third-order valence-corrected chi connectivity index (χ3v) is 7.46. The Morgan fingerprint density at radius 2 is 1.35 bits per heavy atom. The van der Waals surface area contributed by atoms with Crippen LogP contribution in [-0.2, 0) is 51.1 Å². The number of fused-ring (bicyclic) bond motifs is 1. The number of aliphatic hydroxyl groups is 2. The summed E-state index contributed by atoms with van der Waals surface area (Å²) in [4.78, 5) is 0. The molecule has 3 saturated heterocycles. The predicted molar refractivity (Wildman–Crippen MR) is 142 cm³/mol. The van der Waals surface area contributed by atoms with Crippen LogP contribution in [0.25, 0.3) is 0 Å². The van der Waals surface area contributed by atoms with Crippen molar-refractivity contribution in [3.8, 4) is 0 Å². The molecule has 0 saturated carbocycles. The van der Waals surface area contributed by atoms with E-state index in [9.17, 15) is 10.2 Å². The van der Waals surface area contributed by atoms with Crippen molar-refractivity contribution in [2.24, 2.45) is 0 Å². The molecule has 10 heteroatoms. The first-order chi connectivity index (χ1) is 19.3. The van der Waals surface area contributed by atoms with Gasteiger partial charge in [-0.1, -0.05) is 60.7 Å². The molecular formula is C30H40O10. The number of hydrogen-bond donors (Lipinski definition) is 2. The Morgan fingerprint density at radius 3 is 1.93 bits per heavy atom. The molecule has 2 N–H and O–H groups in total. The maximum absolute atomic E-state index is 11.2. The SMILES string of the molecule is CO[C@@H]1O[C@H](C)[C@@H](O[C@@H]2O[C@H](CO)[C@@H](O)[C@H](OCc3ccccc3)[C@@H]2OCc2ccccc2)[C@@H]2OC(C)(C)O[C@H]12. The lowest BCUT2D eigenvalue weighted by Crippen LogP contribution is -2.64. The van der Waals surface area contributed by atoms with Gasteiger partial charge in [0.15, 0.2) is 18.4 Å². The summed E-state index contributed by atoms with van der Waals surface area (Å²) in [6.45, 7) is 5.55. The lowest BCUT2D eigenvalue weighted by Gasteiger charge is -2.47. The number of rotatable bonds is 10. The first-order valence-electron chi connectivity index (χ1n) is 13.7. The molecule has 5 rings (SSSR count). The zero-order chi connectivity index (χ0) is 28.3. The summed E-state index contributed by atoms with van der Waals surface area (Å²) in [5.41, 5.74) is 1.87. The van der Waals surface area contributed by atoms with Gasteiger partial charge in [0, 0.05) is 7.11 Å². The summed E-state index contributed by atoms with van der Waals surface area (Å²) in [5, 5.41) is 21.3. The van der Waals surface area contributed by atoms with Gasteiger partial charge in [-0.05, 0) is 31.9 Å². The highest BCUT2D eigenvalue weighted by Gasteiger charge is 2.57. The second-order valence-corrected chi connectivity index (χ2v) is 10.8. The average molecular weight is 561 g/mol. The molecule has 0 aromatic heterocycles. The third kappa shape index (κ3) is 6.57. The van der Waals surface area contributed by atoms with Crippen LogP contribution in [0.1, 0.15) is 31.9 Å². The third-order valence-electron chi connectivity index (χ3n) is 7.46. The van der Waals surface area contributed by atoms with E-state index >= 15 is 0 Å². The quantitative estimate of drug-likeness (QED) is 0.449. The average Bonchev–Trinajstić information content (AvgIpc) is 3.29. The Kier molecular flexibility index (Phi) is 9.53. The minimum absolute atomic E-state index is 0.229. The molecule has 3 heterocycles. The summed E-state index contributed by atoms with van der Waals surface area (Å²) < 4.78 is 49.3. The molecular weight excluding hydrogens is 520 g/mol. The zero-order valence-corrected chi connectivity index (χ0v) is 23.3. The Hall–Kier alpha value is -1.96. The van der Waals surface area contributed by atoms with E-state index in [1.54, 1.807) is 7.11 Å². The predicted octanol–water partition coefficient (Wildman–Crippen LogP) is 2.53. The van der Waals surface area contributed by atoms with Crippen molar-refractivity contribution < 1.29 is 48.1 Å². The highest BCUT2D eigenvalue weighted by atomic mass is 16.8. The fraction of sp³-hybridized carbons (Fsp3) is 0.600. The Labute approximate surface area is 235 Å². The van der Waals surface area contributed by atoms with E-state index in [4.69, 9.17) is 37.9 Å². The molecule has 0 aliphatic carbocycles. The molecule has 40 heavy (non-hydrogen) atoms. The Bertz CT molecular complexity index is 1050. The molecule has 220 valence electrons. The van der Waals surface area contributed by atoms with E-state index in [-0.39, 0.29) is 13.2 Å². The van der Waals surface area contributed by atoms with Crippen molar-refractivity contribution in [1.82, 2.24) is 0 Å². The van der Waals surface area contributed by atoms with E-state index in [0.717, 1.165) is 11.1 Å². The highest BCUT2D eigenvalue weighted by Crippen LogP contribution is 2.40. The molecule has 2 aromatic carbocycles. The molecule has 0 amide bonds. The van der Waals surface area contributed by atoms with Crippen molar-refractivity contribution in [1.29, 1.82) is 0 Å². The van der Waals surface area contributed by atoms with Crippen LogP contribution in [0, 0.1) is 0 Å². The summed E-state index contributed by atoms with van der Waals surface area (Å²) in [6.07, 6.45) is -7.61. The largest absolute Gasteiger partial charge is 0.394 e. The van der Waals surface area contributed by atoms with Crippen LogP contribution in [0.5, 0.6) is 0 Å². The van der Waals surface area contributed by atoms with E-state index in [2.05, 4.69) is 0 Å². The van der Waals surface area contributed by atoms with E-state index < -0.39 is 73.8 Å². The van der Waals surface area contributed by atoms with Crippen molar-refractivity contribution in [2.45, 2.75) is 101 Å². The van der Waals surface area contributed by atoms with Gasteiger partial charge < -0.3 is 48.1 Å². The fourth-order valence-electron chi connectivity index (χ4n) is 5.50.